The van der Waals surface area contributed by atoms with E-state index >= 15 is 0 Å². The Kier molecular flexibility index (Phi) is 2.20. The Balaban J connectivity index is 2.17. The number of hydrogen-bond acceptors (Lipinski definition) is 6. The molecule has 7 heteroatoms. The molecule has 0 unspecified atom stereocenters. The largest absolute Gasteiger partial charge is 0.382 e. The van der Waals surface area contributed by atoms with Gasteiger partial charge in [-0.15, -0.1) is 0 Å². The van der Waals surface area contributed by atoms with Crippen LogP contribution in [0, 0.1) is 5.41 Å². The number of nitrogens with zero attached hydrogens (tertiary/aromatic N) is 2. The van der Waals surface area contributed by atoms with Gasteiger partial charge in [0.1, 0.15) is 5.84 Å². The molecule has 0 spiro atoms. The molecule has 1 aromatic rings. The summed E-state index contributed by atoms with van der Waals surface area (Å²) in [5.74, 6) is 0.102. The summed E-state index contributed by atoms with van der Waals surface area (Å²) < 4.78 is 4.45. The van der Waals surface area contributed by atoms with Gasteiger partial charge in [-0.05, 0) is 16.7 Å². The van der Waals surface area contributed by atoms with E-state index in [0.717, 1.165) is 5.70 Å². The Morgan fingerprint density at radius 1 is 1.53 bits per heavy atom. The molecular formula is C8H9N5O2. The van der Waals surface area contributed by atoms with E-state index in [0.29, 0.717) is 12.8 Å². The number of allylic oxidation sites excluding steroid dienone is 2. The highest BCUT2D eigenvalue weighted by Crippen LogP contribution is 2.18. The molecule has 0 bridgehead atoms. The molecular weight excluding hydrogens is 198 g/mol. The van der Waals surface area contributed by atoms with Gasteiger partial charge >= 0.3 is 0 Å². The summed E-state index contributed by atoms with van der Waals surface area (Å²) in [4.78, 5) is 11.0. The van der Waals surface area contributed by atoms with Gasteiger partial charge in [0.25, 0.3) is 0 Å². The van der Waals surface area contributed by atoms with E-state index in [4.69, 9.17) is 11.1 Å². The Hall–Kier alpha value is -2.18. The predicted molar refractivity (Wildman–Crippen MR) is 51.3 cm³/mol. The first-order valence-electron chi connectivity index (χ1n) is 4.34. The van der Waals surface area contributed by atoms with Gasteiger partial charge in [0.05, 0.1) is 0 Å². The van der Waals surface area contributed by atoms with Gasteiger partial charge in [0.15, 0.2) is 11.5 Å². The molecule has 15 heavy (non-hydrogen) atoms. The van der Waals surface area contributed by atoms with Crippen LogP contribution in [0.2, 0.25) is 0 Å². The average Bonchev–Trinajstić information content (AvgIpc) is 2.75. The van der Waals surface area contributed by atoms with Crippen molar-refractivity contribution in [3.05, 3.63) is 17.5 Å². The number of amidine groups is 1. The zero-order valence-electron chi connectivity index (χ0n) is 7.78. The monoisotopic (exact) mass is 207 g/mol. The first-order valence-corrected chi connectivity index (χ1v) is 4.34. The van der Waals surface area contributed by atoms with Crippen LogP contribution >= 0.6 is 0 Å². The van der Waals surface area contributed by atoms with Crippen LogP contribution in [0.5, 0.6) is 0 Å². The minimum atomic E-state index is -0.233. The lowest BCUT2D eigenvalue weighted by atomic mass is 10.3. The molecule has 1 heterocycles. The van der Waals surface area contributed by atoms with Crippen molar-refractivity contribution in [2.75, 3.05) is 5.32 Å². The third kappa shape index (κ3) is 1.85. The second kappa shape index (κ2) is 3.52. The topological polar surface area (TPSA) is 118 Å². The normalized spacial score (nSPS) is 15.2. The molecule has 1 aliphatic rings. The maximum Gasteiger partial charge on any atom is 0.206 e. The predicted octanol–water partition coefficient (Wildman–Crippen LogP) is 0.0124. The Bertz CT molecular complexity index is 448. The van der Waals surface area contributed by atoms with Crippen LogP contribution in [-0.4, -0.2) is 21.9 Å². The van der Waals surface area contributed by atoms with E-state index in [1.54, 1.807) is 0 Å². The molecule has 0 aromatic carbocycles. The van der Waals surface area contributed by atoms with E-state index in [9.17, 15) is 4.79 Å². The van der Waals surface area contributed by atoms with Gasteiger partial charge in [0.2, 0.25) is 5.82 Å². The van der Waals surface area contributed by atoms with Gasteiger partial charge in [-0.1, -0.05) is 0 Å². The van der Waals surface area contributed by atoms with Gasteiger partial charge in [-0.3, -0.25) is 10.2 Å². The molecule has 0 atom stereocenters. The summed E-state index contributed by atoms with van der Waals surface area (Å²) in [6.45, 7) is 0. The summed E-state index contributed by atoms with van der Waals surface area (Å²) in [5, 5.41) is 17.1. The molecule has 0 radical (unpaired) electrons. The van der Waals surface area contributed by atoms with Crippen LogP contribution < -0.4 is 11.1 Å². The number of carbonyl (C=O) groups excluding carboxylic acids is 1. The van der Waals surface area contributed by atoms with Gasteiger partial charge < -0.3 is 11.1 Å². The quantitative estimate of drug-likeness (QED) is 0.474. The Morgan fingerprint density at radius 2 is 2.33 bits per heavy atom. The van der Waals surface area contributed by atoms with Crippen molar-refractivity contribution in [2.24, 2.45) is 5.73 Å². The minimum absolute atomic E-state index is 0.0679. The maximum absolute atomic E-state index is 11.0. The fourth-order valence-corrected chi connectivity index (χ4v) is 1.29. The SMILES string of the molecule is N=C(N)c1nonc1NC1=CC(=O)CC1. The van der Waals surface area contributed by atoms with Crippen molar-refractivity contribution in [2.45, 2.75) is 12.8 Å². The number of nitrogens with two attached hydrogens (primary N) is 1. The van der Waals surface area contributed by atoms with E-state index in [1.165, 1.54) is 6.08 Å². The lowest BCUT2D eigenvalue weighted by molar-refractivity contribution is -0.114. The maximum atomic E-state index is 11.0. The number of anilines is 1. The van der Waals surface area contributed by atoms with E-state index in [2.05, 4.69) is 20.3 Å². The number of aromatic nitrogens is 2. The van der Waals surface area contributed by atoms with Crippen LogP contribution in [0.1, 0.15) is 18.5 Å². The van der Waals surface area contributed by atoms with Gasteiger partial charge in [-0.25, -0.2) is 4.63 Å². The van der Waals surface area contributed by atoms with E-state index in [-0.39, 0.29) is 23.1 Å². The third-order valence-corrected chi connectivity index (χ3v) is 2.00. The Labute approximate surface area is 84.8 Å². The molecule has 1 aliphatic carbocycles. The molecule has 78 valence electrons. The number of ketones is 1. The highest BCUT2D eigenvalue weighted by molar-refractivity contribution is 5.98. The molecule has 7 nitrogen and oxygen atoms in total. The van der Waals surface area contributed by atoms with Gasteiger partial charge in [0, 0.05) is 18.2 Å². The van der Waals surface area contributed by atoms with Crippen LogP contribution in [0.4, 0.5) is 5.82 Å². The molecule has 2 rings (SSSR count). The van der Waals surface area contributed by atoms with Crippen LogP contribution in [0.3, 0.4) is 0 Å². The lowest BCUT2D eigenvalue weighted by Crippen LogP contribution is -2.14. The lowest BCUT2D eigenvalue weighted by Gasteiger charge is -2.01. The van der Waals surface area contributed by atoms with Crippen molar-refractivity contribution in [1.29, 1.82) is 5.41 Å². The van der Waals surface area contributed by atoms with Crippen molar-refractivity contribution < 1.29 is 9.42 Å². The summed E-state index contributed by atoms with van der Waals surface area (Å²) in [6.07, 6.45) is 2.62. The van der Waals surface area contributed by atoms with Crippen molar-refractivity contribution in [3.8, 4) is 0 Å². The number of nitrogens with one attached hydrogen (secondary N) is 2. The van der Waals surface area contributed by atoms with Crippen LogP contribution in [0.15, 0.2) is 16.4 Å². The molecule has 4 N–H and O–H groups in total. The van der Waals surface area contributed by atoms with Crippen LogP contribution in [-0.2, 0) is 4.79 Å². The first-order chi connectivity index (χ1) is 7.16. The van der Waals surface area contributed by atoms with Crippen molar-refractivity contribution in [3.63, 3.8) is 0 Å². The fraction of sp³-hybridized carbons (Fsp3) is 0.250. The summed E-state index contributed by atoms with van der Waals surface area (Å²) in [7, 11) is 0. The molecule has 1 aromatic heterocycles. The first kappa shape index (κ1) is 9.38. The van der Waals surface area contributed by atoms with Gasteiger partial charge in [-0.2, -0.15) is 0 Å². The zero-order valence-corrected chi connectivity index (χ0v) is 7.78. The third-order valence-electron chi connectivity index (χ3n) is 2.00. The summed E-state index contributed by atoms with van der Waals surface area (Å²) >= 11 is 0. The average molecular weight is 207 g/mol. The smallest absolute Gasteiger partial charge is 0.206 e. The minimum Gasteiger partial charge on any atom is -0.382 e. The highest BCUT2D eigenvalue weighted by Gasteiger charge is 2.17. The molecule has 0 amide bonds. The van der Waals surface area contributed by atoms with Crippen LogP contribution in [0.25, 0.3) is 0 Å². The number of nitrogen functional groups attached to an aromatic ring is 1. The Morgan fingerprint density at radius 3 is 2.93 bits per heavy atom. The number of rotatable bonds is 3. The molecule has 0 fully saturated rings. The molecule has 0 saturated heterocycles. The zero-order chi connectivity index (χ0) is 10.8. The standard InChI is InChI=1S/C8H9N5O2/c9-7(10)6-8(13-15-12-6)11-4-1-2-5(14)3-4/h3H,1-2H2,(H3,9,10)(H,11,13). The summed E-state index contributed by atoms with van der Waals surface area (Å²) in [5.41, 5.74) is 6.14. The van der Waals surface area contributed by atoms with E-state index < -0.39 is 0 Å². The highest BCUT2D eigenvalue weighted by atomic mass is 16.6. The molecule has 0 saturated carbocycles. The second-order valence-corrected chi connectivity index (χ2v) is 3.14. The van der Waals surface area contributed by atoms with E-state index in [1.807, 2.05) is 0 Å². The second-order valence-electron chi connectivity index (χ2n) is 3.14. The molecule has 0 aliphatic heterocycles. The number of hydrogen-bond donors (Lipinski definition) is 3. The van der Waals surface area contributed by atoms with Crippen molar-refractivity contribution in [1.82, 2.24) is 10.3 Å². The number of carbonyl (C=O) groups is 1. The fourth-order valence-electron chi connectivity index (χ4n) is 1.29. The van der Waals surface area contributed by atoms with Crippen molar-refractivity contribution >= 4 is 17.4 Å². The summed E-state index contributed by atoms with van der Waals surface area (Å²) in [6, 6.07) is 0.